The number of ether oxygens (including phenoxy) is 1. The van der Waals surface area contributed by atoms with Crippen molar-refractivity contribution in [3.05, 3.63) is 62.0 Å². The van der Waals surface area contributed by atoms with Crippen molar-refractivity contribution in [2.75, 3.05) is 7.11 Å². The molecule has 0 aliphatic rings. The summed E-state index contributed by atoms with van der Waals surface area (Å²) in [6, 6.07) is 10.8. The SMILES string of the molecule is COc1c(Br)cc(Cl)cc1C(O)Cc1cccc(Cl)c1. The summed E-state index contributed by atoms with van der Waals surface area (Å²) in [5.74, 6) is 0.587. The van der Waals surface area contributed by atoms with Crippen LogP contribution in [0.1, 0.15) is 17.2 Å². The quantitative estimate of drug-likeness (QED) is 0.810. The molecule has 1 unspecified atom stereocenters. The van der Waals surface area contributed by atoms with E-state index >= 15 is 0 Å². The fourth-order valence-electron chi connectivity index (χ4n) is 2.04. The highest BCUT2D eigenvalue weighted by atomic mass is 79.9. The van der Waals surface area contributed by atoms with Crippen molar-refractivity contribution in [3.63, 3.8) is 0 Å². The lowest BCUT2D eigenvalue weighted by Gasteiger charge is -2.17. The van der Waals surface area contributed by atoms with Crippen molar-refractivity contribution in [1.82, 2.24) is 0 Å². The lowest BCUT2D eigenvalue weighted by atomic mass is 10.0. The maximum absolute atomic E-state index is 10.4. The van der Waals surface area contributed by atoms with Gasteiger partial charge in [0, 0.05) is 22.0 Å². The number of methoxy groups -OCH3 is 1. The van der Waals surface area contributed by atoms with Gasteiger partial charge in [-0.2, -0.15) is 0 Å². The van der Waals surface area contributed by atoms with Crippen LogP contribution in [-0.2, 0) is 6.42 Å². The third-order valence-corrected chi connectivity index (χ3v) is 3.96. The molecule has 0 heterocycles. The second-order valence-corrected chi connectivity index (χ2v) is 6.09. The molecule has 0 saturated carbocycles. The van der Waals surface area contributed by atoms with Crippen LogP contribution < -0.4 is 4.74 Å². The van der Waals surface area contributed by atoms with Gasteiger partial charge in [0.25, 0.3) is 0 Å². The van der Waals surface area contributed by atoms with E-state index in [9.17, 15) is 5.11 Å². The van der Waals surface area contributed by atoms with Gasteiger partial charge >= 0.3 is 0 Å². The van der Waals surface area contributed by atoms with Crippen LogP contribution in [0.4, 0.5) is 0 Å². The molecule has 0 saturated heterocycles. The Kier molecular flexibility index (Phi) is 5.33. The number of hydrogen-bond acceptors (Lipinski definition) is 2. The van der Waals surface area contributed by atoms with Gasteiger partial charge < -0.3 is 9.84 Å². The first kappa shape index (κ1) is 15.6. The highest BCUT2D eigenvalue weighted by Gasteiger charge is 2.17. The summed E-state index contributed by atoms with van der Waals surface area (Å²) in [4.78, 5) is 0. The van der Waals surface area contributed by atoms with E-state index in [1.54, 1.807) is 25.3 Å². The molecule has 2 nitrogen and oxygen atoms in total. The minimum absolute atomic E-state index is 0.434. The minimum Gasteiger partial charge on any atom is -0.495 e. The predicted molar refractivity (Wildman–Crippen MR) is 85.8 cm³/mol. The van der Waals surface area contributed by atoms with Crippen molar-refractivity contribution < 1.29 is 9.84 Å². The summed E-state index contributed by atoms with van der Waals surface area (Å²) < 4.78 is 6.04. The molecule has 2 rings (SSSR count). The van der Waals surface area contributed by atoms with Crippen molar-refractivity contribution >= 4 is 39.1 Å². The summed E-state index contributed by atoms with van der Waals surface area (Å²) in [6.45, 7) is 0. The van der Waals surface area contributed by atoms with E-state index in [0.29, 0.717) is 32.3 Å². The Balaban J connectivity index is 2.31. The topological polar surface area (TPSA) is 29.5 Å². The van der Waals surface area contributed by atoms with Gasteiger partial charge in [0.1, 0.15) is 5.75 Å². The monoisotopic (exact) mass is 374 g/mol. The molecule has 0 radical (unpaired) electrons. The summed E-state index contributed by atoms with van der Waals surface area (Å²) in [6.07, 6.45) is -0.289. The molecule has 0 fully saturated rings. The van der Waals surface area contributed by atoms with Gasteiger partial charge in [0.05, 0.1) is 17.7 Å². The number of rotatable bonds is 4. The molecule has 0 amide bonds. The molecule has 5 heteroatoms. The first-order valence-electron chi connectivity index (χ1n) is 5.96. The second-order valence-electron chi connectivity index (χ2n) is 4.36. The van der Waals surface area contributed by atoms with E-state index in [1.807, 2.05) is 18.2 Å². The molecule has 0 bridgehead atoms. The van der Waals surface area contributed by atoms with Gasteiger partial charge in [0.15, 0.2) is 0 Å². The molecule has 0 aliphatic carbocycles. The van der Waals surface area contributed by atoms with Crippen molar-refractivity contribution in [3.8, 4) is 5.75 Å². The van der Waals surface area contributed by atoms with E-state index in [2.05, 4.69) is 15.9 Å². The molecule has 2 aromatic carbocycles. The smallest absolute Gasteiger partial charge is 0.138 e. The van der Waals surface area contributed by atoms with Crippen LogP contribution in [0.3, 0.4) is 0 Å². The van der Waals surface area contributed by atoms with Gasteiger partial charge in [0.2, 0.25) is 0 Å². The molecule has 0 spiro atoms. The Morgan fingerprint density at radius 2 is 1.95 bits per heavy atom. The molecular weight excluding hydrogens is 363 g/mol. The molecule has 0 aliphatic heterocycles. The van der Waals surface area contributed by atoms with Crippen LogP contribution in [0.25, 0.3) is 0 Å². The number of hydrogen-bond donors (Lipinski definition) is 1. The van der Waals surface area contributed by atoms with Gasteiger partial charge in [-0.05, 0) is 45.8 Å². The van der Waals surface area contributed by atoms with Gasteiger partial charge in [-0.3, -0.25) is 0 Å². The van der Waals surface area contributed by atoms with E-state index < -0.39 is 6.10 Å². The second kappa shape index (κ2) is 6.81. The maximum Gasteiger partial charge on any atom is 0.138 e. The Morgan fingerprint density at radius 1 is 1.20 bits per heavy atom. The first-order chi connectivity index (χ1) is 9.51. The van der Waals surface area contributed by atoms with Crippen LogP contribution in [0.15, 0.2) is 40.9 Å². The highest BCUT2D eigenvalue weighted by molar-refractivity contribution is 9.10. The predicted octanol–water partition coefficient (Wildman–Crippen LogP) is 5.04. The average molecular weight is 376 g/mol. The Morgan fingerprint density at radius 3 is 2.60 bits per heavy atom. The standard InChI is InChI=1S/C15H13BrCl2O2/c1-20-15-12(7-11(18)8-13(15)16)14(19)6-9-3-2-4-10(17)5-9/h2-5,7-8,14,19H,6H2,1H3. The molecule has 20 heavy (non-hydrogen) atoms. The summed E-state index contributed by atoms with van der Waals surface area (Å²) in [5.41, 5.74) is 1.59. The van der Waals surface area contributed by atoms with Crippen molar-refractivity contribution in [1.29, 1.82) is 0 Å². The van der Waals surface area contributed by atoms with Crippen LogP contribution in [0, 0.1) is 0 Å². The van der Waals surface area contributed by atoms with Crippen molar-refractivity contribution in [2.24, 2.45) is 0 Å². The largest absolute Gasteiger partial charge is 0.495 e. The number of benzene rings is 2. The van der Waals surface area contributed by atoms with E-state index in [4.69, 9.17) is 27.9 Å². The Labute approximate surface area is 136 Å². The lowest BCUT2D eigenvalue weighted by Crippen LogP contribution is -2.05. The molecule has 0 aromatic heterocycles. The van der Waals surface area contributed by atoms with Gasteiger partial charge in [-0.25, -0.2) is 0 Å². The van der Waals surface area contributed by atoms with Crippen LogP contribution in [0.2, 0.25) is 10.0 Å². The van der Waals surface area contributed by atoms with Crippen LogP contribution in [0.5, 0.6) is 5.75 Å². The minimum atomic E-state index is -0.724. The van der Waals surface area contributed by atoms with E-state index in [-0.39, 0.29) is 0 Å². The zero-order valence-electron chi connectivity index (χ0n) is 10.7. The van der Waals surface area contributed by atoms with Crippen molar-refractivity contribution in [2.45, 2.75) is 12.5 Å². The molecular formula is C15H13BrCl2O2. The number of aliphatic hydroxyl groups excluding tert-OH is 1. The fourth-order valence-corrected chi connectivity index (χ4v) is 3.25. The summed E-state index contributed by atoms with van der Waals surface area (Å²) in [7, 11) is 1.56. The first-order valence-corrected chi connectivity index (χ1v) is 7.51. The highest BCUT2D eigenvalue weighted by Crippen LogP contribution is 2.37. The van der Waals surface area contributed by atoms with Gasteiger partial charge in [-0.1, -0.05) is 35.3 Å². The third kappa shape index (κ3) is 3.67. The molecule has 106 valence electrons. The fraction of sp³-hybridized carbons (Fsp3) is 0.200. The van der Waals surface area contributed by atoms with Crippen LogP contribution >= 0.6 is 39.1 Å². The maximum atomic E-state index is 10.4. The number of halogens is 3. The molecule has 1 N–H and O–H groups in total. The average Bonchev–Trinajstić information content (AvgIpc) is 2.37. The van der Waals surface area contributed by atoms with E-state index in [1.165, 1.54) is 0 Å². The summed E-state index contributed by atoms with van der Waals surface area (Å²) >= 11 is 15.4. The Hall–Kier alpha value is -0.740. The van der Waals surface area contributed by atoms with E-state index in [0.717, 1.165) is 5.56 Å². The number of aliphatic hydroxyl groups is 1. The third-order valence-electron chi connectivity index (χ3n) is 2.92. The molecule has 2 aromatic rings. The molecule has 1 atom stereocenters. The van der Waals surface area contributed by atoms with Gasteiger partial charge in [-0.15, -0.1) is 0 Å². The Bertz CT molecular complexity index is 617. The summed E-state index contributed by atoms with van der Waals surface area (Å²) in [5, 5.41) is 11.6. The normalized spacial score (nSPS) is 12.2. The lowest BCUT2D eigenvalue weighted by molar-refractivity contribution is 0.174. The zero-order valence-corrected chi connectivity index (χ0v) is 13.8. The zero-order chi connectivity index (χ0) is 14.7. The van der Waals surface area contributed by atoms with Crippen LogP contribution in [-0.4, -0.2) is 12.2 Å².